The van der Waals surface area contributed by atoms with Gasteiger partial charge in [-0.3, -0.25) is 9.69 Å². The highest BCUT2D eigenvalue weighted by molar-refractivity contribution is 5.88. The van der Waals surface area contributed by atoms with Crippen molar-refractivity contribution in [1.29, 1.82) is 0 Å². The van der Waals surface area contributed by atoms with Crippen LogP contribution in [0.5, 0.6) is 5.75 Å². The topological polar surface area (TPSA) is 49.8 Å². The van der Waals surface area contributed by atoms with E-state index in [2.05, 4.69) is 17.5 Å². The van der Waals surface area contributed by atoms with Crippen molar-refractivity contribution in [3.05, 3.63) is 42.0 Å². The van der Waals surface area contributed by atoms with Crippen molar-refractivity contribution in [2.45, 2.75) is 55.4 Å². The average Bonchev–Trinajstić information content (AvgIpc) is 2.91. The van der Waals surface area contributed by atoms with Crippen LogP contribution in [0.1, 0.15) is 30.9 Å². The van der Waals surface area contributed by atoms with E-state index in [1.807, 2.05) is 25.1 Å². The maximum absolute atomic E-state index is 12.6. The summed E-state index contributed by atoms with van der Waals surface area (Å²) in [5.74, 6) is 0.906. The van der Waals surface area contributed by atoms with Gasteiger partial charge in [0.2, 0.25) is 0 Å². The summed E-state index contributed by atoms with van der Waals surface area (Å²) >= 11 is 0. The summed E-state index contributed by atoms with van der Waals surface area (Å²) in [5.41, 5.74) is 0.985. The molecule has 0 radical (unpaired) electrons. The molecule has 4 aliphatic rings. The van der Waals surface area contributed by atoms with Crippen LogP contribution in [-0.4, -0.2) is 46.1 Å². The van der Waals surface area contributed by atoms with Crippen LogP contribution in [0, 0.1) is 0 Å². The summed E-state index contributed by atoms with van der Waals surface area (Å²) in [6.07, 6.45) is 3.43. The first-order chi connectivity index (χ1) is 11.1. The minimum atomic E-state index is -0.828. The van der Waals surface area contributed by atoms with Crippen LogP contribution < -0.4 is 4.74 Å². The standard InChI is InChI=1S/C19H21NO3/c1-3-8-20-14-9-11-6-5-7-13-16(11)18(10-15(20)19(14,18)22)17(23-13)12(21)4-2/h3,5-7,14-15,17,22H,1,4,8-10H2,2H3/t14-,15+,17+,18+,19+/m1/s1. The highest BCUT2D eigenvalue weighted by atomic mass is 16.5. The Morgan fingerprint density at radius 1 is 1.52 bits per heavy atom. The fourth-order valence-corrected chi connectivity index (χ4v) is 5.81. The fourth-order valence-electron chi connectivity index (χ4n) is 5.81. The number of carbonyl (C=O) groups is 1. The first kappa shape index (κ1) is 13.8. The van der Waals surface area contributed by atoms with Gasteiger partial charge in [-0.05, 0) is 24.5 Å². The number of aliphatic hydroxyl groups is 1. The Morgan fingerprint density at radius 2 is 2.35 bits per heavy atom. The van der Waals surface area contributed by atoms with Crippen molar-refractivity contribution in [2.75, 3.05) is 6.54 Å². The van der Waals surface area contributed by atoms with Crippen molar-refractivity contribution >= 4 is 5.78 Å². The normalized spacial score (nSPS) is 41.9. The van der Waals surface area contributed by atoms with Gasteiger partial charge in [0, 0.05) is 30.6 Å². The molecule has 23 heavy (non-hydrogen) atoms. The Morgan fingerprint density at radius 3 is 3.09 bits per heavy atom. The fraction of sp³-hybridized carbons (Fsp3) is 0.526. The predicted octanol–water partition coefficient (Wildman–Crippen LogP) is 1.59. The van der Waals surface area contributed by atoms with E-state index in [-0.39, 0.29) is 17.9 Å². The first-order valence-corrected chi connectivity index (χ1v) is 8.50. The Bertz CT molecular complexity index is 744. The second-order valence-electron chi connectivity index (χ2n) is 7.33. The van der Waals surface area contributed by atoms with Crippen LogP contribution in [0.4, 0.5) is 0 Å². The van der Waals surface area contributed by atoms with Gasteiger partial charge in [0.1, 0.15) is 11.4 Å². The predicted molar refractivity (Wildman–Crippen MR) is 85.6 cm³/mol. The average molecular weight is 311 g/mol. The number of hydrogen-bond donors (Lipinski definition) is 1. The van der Waals surface area contributed by atoms with E-state index in [1.165, 1.54) is 5.56 Å². The summed E-state index contributed by atoms with van der Waals surface area (Å²) in [6, 6.07) is 6.26. The lowest BCUT2D eigenvalue weighted by Gasteiger charge is -2.77. The van der Waals surface area contributed by atoms with Gasteiger partial charge in [0.05, 0.1) is 5.41 Å². The lowest BCUT2D eigenvalue weighted by Crippen LogP contribution is -2.94. The third-order valence-electron chi connectivity index (χ3n) is 6.69. The molecule has 0 bridgehead atoms. The number of ether oxygens (including phenoxy) is 1. The number of benzene rings is 1. The number of likely N-dealkylation sites (tertiary alicyclic amines) is 1. The lowest BCUT2D eigenvalue weighted by molar-refractivity contribution is -0.317. The number of hydrogen-bond acceptors (Lipinski definition) is 4. The van der Waals surface area contributed by atoms with E-state index in [1.54, 1.807) is 0 Å². The molecule has 0 unspecified atom stereocenters. The molecule has 2 heterocycles. The minimum absolute atomic E-state index is 0.0656. The van der Waals surface area contributed by atoms with Crippen LogP contribution >= 0.6 is 0 Å². The molecule has 1 N–H and O–H groups in total. The minimum Gasteiger partial charge on any atom is -0.481 e. The van der Waals surface area contributed by atoms with Gasteiger partial charge in [-0.2, -0.15) is 0 Å². The summed E-state index contributed by atoms with van der Waals surface area (Å²) in [6.45, 7) is 6.50. The van der Waals surface area contributed by atoms with Crippen LogP contribution in [0.25, 0.3) is 0 Å². The van der Waals surface area contributed by atoms with Crippen LogP contribution in [0.3, 0.4) is 0 Å². The van der Waals surface area contributed by atoms with Crippen molar-refractivity contribution in [1.82, 2.24) is 4.90 Å². The van der Waals surface area contributed by atoms with E-state index in [4.69, 9.17) is 4.74 Å². The zero-order valence-corrected chi connectivity index (χ0v) is 13.3. The number of rotatable bonds is 4. The van der Waals surface area contributed by atoms with E-state index >= 15 is 0 Å². The smallest absolute Gasteiger partial charge is 0.174 e. The van der Waals surface area contributed by atoms with E-state index in [0.29, 0.717) is 6.42 Å². The van der Waals surface area contributed by atoms with Crippen molar-refractivity contribution in [2.24, 2.45) is 0 Å². The van der Waals surface area contributed by atoms with Gasteiger partial charge in [-0.25, -0.2) is 0 Å². The van der Waals surface area contributed by atoms with E-state index < -0.39 is 17.1 Å². The molecule has 5 atom stereocenters. The van der Waals surface area contributed by atoms with Crippen molar-refractivity contribution in [3.8, 4) is 5.75 Å². The molecule has 4 nitrogen and oxygen atoms in total. The SMILES string of the molecule is C=CCN1[C@H]2C[C@]34c5c(cccc5O[C@H]3C(=O)CC)C[C@@H]1[C@]24O. The molecule has 1 aromatic carbocycles. The van der Waals surface area contributed by atoms with Gasteiger partial charge in [0.25, 0.3) is 0 Å². The maximum atomic E-state index is 12.6. The van der Waals surface area contributed by atoms with Gasteiger partial charge < -0.3 is 9.84 Å². The highest BCUT2D eigenvalue weighted by Gasteiger charge is 2.84. The maximum Gasteiger partial charge on any atom is 0.174 e. The summed E-state index contributed by atoms with van der Waals surface area (Å²) in [7, 11) is 0. The second kappa shape index (κ2) is 4.05. The number of ketones is 1. The van der Waals surface area contributed by atoms with E-state index in [9.17, 15) is 9.90 Å². The molecule has 2 aliphatic carbocycles. The Balaban J connectivity index is 1.70. The number of carbonyl (C=O) groups excluding carboxylic acids is 1. The molecular formula is C19H21NO3. The third-order valence-corrected chi connectivity index (χ3v) is 6.69. The summed E-state index contributed by atoms with van der Waals surface area (Å²) < 4.78 is 6.09. The first-order valence-electron chi connectivity index (χ1n) is 8.50. The zero-order valence-electron chi connectivity index (χ0n) is 13.3. The van der Waals surface area contributed by atoms with Gasteiger partial charge >= 0.3 is 0 Å². The second-order valence-corrected chi connectivity index (χ2v) is 7.33. The molecule has 120 valence electrons. The van der Waals surface area contributed by atoms with Crippen molar-refractivity contribution in [3.63, 3.8) is 0 Å². The van der Waals surface area contributed by atoms with Gasteiger partial charge in [0.15, 0.2) is 11.9 Å². The van der Waals surface area contributed by atoms with Gasteiger partial charge in [-0.15, -0.1) is 6.58 Å². The summed E-state index contributed by atoms with van der Waals surface area (Å²) in [4.78, 5) is 14.9. The quantitative estimate of drug-likeness (QED) is 0.858. The Hall–Kier alpha value is -1.65. The molecule has 0 aromatic heterocycles. The van der Waals surface area contributed by atoms with Gasteiger partial charge in [-0.1, -0.05) is 25.1 Å². The van der Waals surface area contributed by atoms with Crippen LogP contribution in [0.2, 0.25) is 0 Å². The Kier molecular flexibility index (Phi) is 2.43. The monoisotopic (exact) mass is 311 g/mol. The lowest BCUT2D eigenvalue weighted by atomic mass is 9.38. The molecule has 1 saturated heterocycles. The van der Waals surface area contributed by atoms with Crippen LogP contribution in [0.15, 0.2) is 30.9 Å². The molecule has 2 fully saturated rings. The largest absolute Gasteiger partial charge is 0.481 e. The zero-order chi connectivity index (χ0) is 16.0. The molecule has 1 saturated carbocycles. The van der Waals surface area contributed by atoms with E-state index in [0.717, 1.165) is 30.7 Å². The molecule has 1 spiro atoms. The summed E-state index contributed by atoms with van der Waals surface area (Å²) in [5, 5.41) is 11.6. The van der Waals surface area contributed by atoms with Crippen LogP contribution in [-0.2, 0) is 16.6 Å². The molecule has 4 heteroatoms. The molecular weight excluding hydrogens is 290 g/mol. The molecule has 0 amide bonds. The molecule has 5 rings (SSSR count). The number of Topliss-reactive ketones (excluding diaryl/α,β-unsaturated/α-hetero) is 1. The van der Waals surface area contributed by atoms with Crippen molar-refractivity contribution < 1.29 is 14.6 Å². The molecule has 1 aromatic rings. The third kappa shape index (κ3) is 1.21. The highest BCUT2D eigenvalue weighted by Crippen LogP contribution is 2.71. The number of piperidine rings is 1. The molecule has 2 aliphatic heterocycles. The Labute approximate surface area is 135 Å². The number of nitrogens with zero attached hydrogens (tertiary/aromatic N) is 1.